The molecular weight excluding hydrogens is 246 g/mol. The summed E-state index contributed by atoms with van der Waals surface area (Å²) in [5, 5.41) is 3.66. The fraction of sp³-hybridized carbons (Fsp3) is 0.357. The van der Waals surface area contributed by atoms with E-state index < -0.39 is 0 Å². The maximum Gasteiger partial charge on any atom is 0.155 e. The van der Waals surface area contributed by atoms with E-state index in [2.05, 4.69) is 41.5 Å². The highest BCUT2D eigenvalue weighted by Gasteiger charge is 2.14. The van der Waals surface area contributed by atoms with E-state index in [-0.39, 0.29) is 0 Å². The van der Waals surface area contributed by atoms with Crippen LogP contribution in [0.15, 0.2) is 24.3 Å². The summed E-state index contributed by atoms with van der Waals surface area (Å²) in [5.41, 5.74) is 3.41. The van der Waals surface area contributed by atoms with Gasteiger partial charge in [-0.1, -0.05) is 42.8 Å². The molecule has 0 radical (unpaired) electrons. The van der Waals surface area contributed by atoms with Gasteiger partial charge in [0.25, 0.3) is 0 Å². The summed E-state index contributed by atoms with van der Waals surface area (Å²) in [7, 11) is 3.90. The summed E-state index contributed by atoms with van der Waals surface area (Å²) < 4.78 is 2.04. The van der Waals surface area contributed by atoms with Crippen LogP contribution >= 0.6 is 11.6 Å². The van der Waals surface area contributed by atoms with E-state index in [4.69, 9.17) is 11.6 Å². The molecule has 0 saturated heterocycles. The Hall–Kier alpha value is -1.32. The number of imidazole rings is 1. The van der Waals surface area contributed by atoms with Crippen molar-refractivity contribution in [2.24, 2.45) is 7.05 Å². The van der Waals surface area contributed by atoms with Crippen LogP contribution in [0, 0.1) is 0 Å². The van der Waals surface area contributed by atoms with Crippen LogP contribution in [-0.4, -0.2) is 16.6 Å². The van der Waals surface area contributed by atoms with Crippen molar-refractivity contribution in [3.05, 3.63) is 40.8 Å². The van der Waals surface area contributed by atoms with Crippen molar-refractivity contribution in [1.82, 2.24) is 14.9 Å². The minimum atomic E-state index is 0.562. The van der Waals surface area contributed by atoms with Gasteiger partial charge in [-0.2, -0.15) is 0 Å². The fourth-order valence-corrected chi connectivity index (χ4v) is 2.37. The molecule has 4 heteroatoms. The molecule has 0 aliphatic heterocycles. The Kier molecular flexibility index (Phi) is 4.04. The summed E-state index contributed by atoms with van der Waals surface area (Å²) in [5.74, 6) is 0.942. The molecule has 1 aromatic carbocycles. The van der Waals surface area contributed by atoms with Gasteiger partial charge in [-0.15, -0.1) is 0 Å². The van der Waals surface area contributed by atoms with Crippen LogP contribution in [0.2, 0.25) is 5.15 Å². The van der Waals surface area contributed by atoms with Crippen molar-refractivity contribution >= 4 is 11.6 Å². The zero-order valence-corrected chi connectivity index (χ0v) is 11.8. The van der Waals surface area contributed by atoms with Gasteiger partial charge >= 0.3 is 0 Å². The number of hydrogen-bond donors (Lipinski definition) is 1. The summed E-state index contributed by atoms with van der Waals surface area (Å²) in [4.78, 5) is 4.38. The molecule has 0 fully saturated rings. The summed E-state index contributed by atoms with van der Waals surface area (Å²) in [6, 6.07) is 8.47. The smallest absolute Gasteiger partial charge is 0.155 e. The maximum atomic E-state index is 6.23. The molecule has 2 rings (SSSR count). The minimum Gasteiger partial charge on any atom is -0.329 e. The molecule has 1 aromatic heterocycles. The Morgan fingerprint density at radius 2 is 1.94 bits per heavy atom. The number of halogens is 1. The first-order valence-corrected chi connectivity index (χ1v) is 6.50. The summed E-state index contributed by atoms with van der Waals surface area (Å²) in [6.45, 7) is 2.86. The van der Waals surface area contributed by atoms with Crippen molar-refractivity contribution in [3.63, 3.8) is 0 Å². The van der Waals surface area contributed by atoms with Crippen LogP contribution < -0.4 is 5.32 Å². The SMILES string of the molecule is CCc1ccc(-c2c(Cl)nc(CNC)n2C)cc1. The molecule has 0 spiro atoms. The third-order valence-corrected chi connectivity index (χ3v) is 3.38. The van der Waals surface area contributed by atoms with E-state index >= 15 is 0 Å². The molecule has 2 aromatic rings. The topological polar surface area (TPSA) is 29.9 Å². The quantitative estimate of drug-likeness (QED) is 0.919. The van der Waals surface area contributed by atoms with Crippen LogP contribution in [0.5, 0.6) is 0 Å². The maximum absolute atomic E-state index is 6.23. The number of rotatable bonds is 4. The van der Waals surface area contributed by atoms with Gasteiger partial charge in [-0.25, -0.2) is 4.98 Å². The Balaban J connectivity index is 2.43. The van der Waals surface area contributed by atoms with Gasteiger partial charge in [0.05, 0.1) is 12.2 Å². The number of hydrogen-bond acceptors (Lipinski definition) is 2. The highest BCUT2D eigenvalue weighted by Crippen LogP contribution is 2.28. The van der Waals surface area contributed by atoms with Crippen molar-refractivity contribution in [2.75, 3.05) is 7.05 Å². The standard InChI is InChI=1S/C14H18ClN3/c1-4-10-5-7-11(8-6-10)13-14(15)17-12(9-16-2)18(13)3/h5-8,16H,4,9H2,1-3H3. The lowest BCUT2D eigenvalue weighted by molar-refractivity contribution is 0.712. The first kappa shape index (κ1) is 13.1. The van der Waals surface area contributed by atoms with Gasteiger partial charge < -0.3 is 9.88 Å². The first-order valence-electron chi connectivity index (χ1n) is 6.12. The molecule has 0 aliphatic rings. The number of nitrogens with zero attached hydrogens (tertiary/aromatic N) is 2. The van der Waals surface area contributed by atoms with Crippen LogP contribution in [0.3, 0.4) is 0 Å². The zero-order valence-electron chi connectivity index (χ0n) is 11.0. The second kappa shape index (κ2) is 5.55. The molecule has 1 heterocycles. The largest absolute Gasteiger partial charge is 0.329 e. The van der Waals surface area contributed by atoms with Crippen LogP contribution in [0.1, 0.15) is 18.3 Å². The number of nitrogens with one attached hydrogen (secondary N) is 1. The average molecular weight is 264 g/mol. The average Bonchev–Trinajstić information content (AvgIpc) is 2.65. The Morgan fingerprint density at radius 3 is 2.50 bits per heavy atom. The predicted molar refractivity (Wildman–Crippen MR) is 75.8 cm³/mol. The van der Waals surface area contributed by atoms with E-state index in [0.29, 0.717) is 11.7 Å². The Morgan fingerprint density at radius 1 is 1.28 bits per heavy atom. The van der Waals surface area contributed by atoms with Gasteiger partial charge in [0.15, 0.2) is 5.15 Å². The molecule has 0 aliphatic carbocycles. The number of aromatic nitrogens is 2. The van der Waals surface area contributed by atoms with Crippen molar-refractivity contribution < 1.29 is 0 Å². The third-order valence-electron chi connectivity index (χ3n) is 3.12. The van der Waals surface area contributed by atoms with Crippen LogP contribution in [-0.2, 0) is 20.0 Å². The van der Waals surface area contributed by atoms with Gasteiger partial charge in [0.1, 0.15) is 5.82 Å². The van der Waals surface area contributed by atoms with Crippen molar-refractivity contribution in [2.45, 2.75) is 19.9 Å². The molecule has 0 bridgehead atoms. The van der Waals surface area contributed by atoms with Crippen molar-refractivity contribution in [3.8, 4) is 11.3 Å². The lowest BCUT2D eigenvalue weighted by atomic mass is 10.1. The van der Waals surface area contributed by atoms with E-state index in [0.717, 1.165) is 23.5 Å². The highest BCUT2D eigenvalue weighted by molar-refractivity contribution is 6.32. The second-order valence-corrected chi connectivity index (χ2v) is 4.67. The molecule has 0 unspecified atom stereocenters. The normalized spacial score (nSPS) is 10.9. The monoisotopic (exact) mass is 263 g/mol. The summed E-state index contributed by atoms with van der Waals surface area (Å²) >= 11 is 6.23. The van der Waals surface area contributed by atoms with E-state index in [1.165, 1.54) is 5.56 Å². The van der Waals surface area contributed by atoms with Gasteiger partial charge in [-0.3, -0.25) is 0 Å². The predicted octanol–water partition coefficient (Wildman–Crippen LogP) is 3.02. The van der Waals surface area contributed by atoms with Gasteiger partial charge in [0.2, 0.25) is 0 Å². The van der Waals surface area contributed by atoms with Crippen LogP contribution in [0.4, 0.5) is 0 Å². The van der Waals surface area contributed by atoms with E-state index in [1.807, 2.05) is 18.7 Å². The molecular formula is C14H18ClN3. The third kappa shape index (κ3) is 2.42. The first-order chi connectivity index (χ1) is 8.67. The number of benzene rings is 1. The van der Waals surface area contributed by atoms with Gasteiger partial charge in [0, 0.05) is 12.6 Å². The Bertz CT molecular complexity index is 529. The zero-order chi connectivity index (χ0) is 13.1. The molecule has 1 N–H and O–H groups in total. The molecule has 3 nitrogen and oxygen atoms in total. The minimum absolute atomic E-state index is 0.562. The van der Waals surface area contributed by atoms with Gasteiger partial charge in [-0.05, 0) is 19.0 Å². The number of aryl methyl sites for hydroxylation is 1. The molecule has 18 heavy (non-hydrogen) atoms. The lowest BCUT2D eigenvalue weighted by Gasteiger charge is -2.06. The van der Waals surface area contributed by atoms with E-state index in [9.17, 15) is 0 Å². The molecule has 0 amide bonds. The lowest BCUT2D eigenvalue weighted by Crippen LogP contribution is -2.10. The fourth-order valence-electron chi connectivity index (χ4n) is 2.04. The van der Waals surface area contributed by atoms with Crippen molar-refractivity contribution in [1.29, 1.82) is 0 Å². The molecule has 0 atom stereocenters. The molecule has 0 saturated carbocycles. The summed E-state index contributed by atoms with van der Waals surface area (Å²) in [6.07, 6.45) is 1.05. The highest BCUT2D eigenvalue weighted by atomic mass is 35.5. The molecule has 96 valence electrons. The van der Waals surface area contributed by atoms with E-state index in [1.54, 1.807) is 0 Å². The second-order valence-electron chi connectivity index (χ2n) is 4.31. The Labute approximate surface area is 113 Å². The van der Waals surface area contributed by atoms with Crippen LogP contribution in [0.25, 0.3) is 11.3 Å².